The van der Waals surface area contributed by atoms with Crippen LogP contribution in [-0.4, -0.2) is 47.7 Å². The first-order valence-corrected chi connectivity index (χ1v) is 14.4. The number of hydrogen-bond donors (Lipinski definition) is 1. The number of phenols is 1. The second-order valence-electron chi connectivity index (χ2n) is 10.9. The predicted molar refractivity (Wildman–Crippen MR) is 159 cm³/mol. The highest BCUT2D eigenvalue weighted by Gasteiger charge is 2.75. The number of halogens is 3. The predicted octanol–water partition coefficient (Wildman–Crippen LogP) is 3.85. The lowest BCUT2D eigenvalue weighted by atomic mass is 9.64. The largest absolute Gasteiger partial charge is 0.504 e. The first-order valence-electron chi connectivity index (χ1n) is 13.6. The van der Waals surface area contributed by atoms with Gasteiger partial charge in [0.15, 0.2) is 21.2 Å². The second-order valence-corrected chi connectivity index (χ2v) is 12.1. The Labute approximate surface area is 258 Å². The minimum absolute atomic E-state index is 0.0373. The first-order chi connectivity index (χ1) is 21.0. The number of benzene rings is 3. The average molecular weight is 637 g/mol. The molecule has 1 N–H and O–H groups in total. The van der Waals surface area contributed by atoms with Gasteiger partial charge >= 0.3 is 11.4 Å². The van der Waals surface area contributed by atoms with Gasteiger partial charge in [0.1, 0.15) is 5.82 Å². The van der Waals surface area contributed by atoms with Gasteiger partial charge < -0.3 is 9.84 Å². The lowest BCUT2D eigenvalue weighted by Crippen LogP contribution is -2.59. The number of carbonyl (C=O) groups excluding carboxylic acids is 2. The lowest BCUT2D eigenvalue weighted by molar-refractivity contribution is -0.122. The van der Waals surface area contributed by atoms with Crippen LogP contribution in [0.25, 0.3) is 5.69 Å². The van der Waals surface area contributed by atoms with Crippen molar-refractivity contribution in [1.82, 2.24) is 13.9 Å². The van der Waals surface area contributed by atoms with E-state index in [2.05, 4.69) is 0 Å². The molecule has 2 fully saturated rings. The molecule has 0 bridgehead atoms. The maximum Gasteiger partial charge on any atom is 0.352 e. The number of methoxy groups -OCH3 is 1. The third kappa shape index (κ3) is 3.59. The van der Waals surface area contributed by atoms with E-state index in [-0.39, 0.29) is 30.2 Å². The molecule has 4 atom stereocenters. The molecule has 0 radical (unpaired) electrons. The van der Waals surface area contributed by atoms with Crippen LogP contribution >= 0.6 is 23.2 Å². The third-order valence-electron chi connectivity index (χ3n) is 8.71. The fraction of sp³-hybridized carbons (Fsp3) is 0.226. The van der Waals surface area contributed by atoms with Crippen LogP contribution in [0.3, 0.4) is 0 Å². The summed E-state index contributed by atoms with van der Waals surface area (Å²) in [6.07, 6.45) is 1.38. The number of anilines is 1. The lowest BCUT2D eigenvalue weighted by Gasteiger charge is -2.49. The summed E-state index contributed by atoms with van der Waals surface area (Å²) < 4.78 is 22.5. The van der Waals surface area contributed by atoms with Gasteiger partial charge in [-0.2, -0.15) is 0 Å². The van der Waals surface area contributed by atoms with Crippen LogP contribution in [0.5, 0.6) is 11.5 Å². The molecule has 0 unspecified atom stereocenters. The van der Waals surface area contributed by atoms with Gasteiger partial charge in [0.05, 0.1) is 31.1 Å². The Balaban J connectivity index is 1.47. The highest BCUT2D eigenvalue weighted by molar-refractivity contribution is 6.58. The number of hydrogen-bond acceptors (Lipinski definition) is 6. The maximum absolute atomic E-state index is 14.3. The Morgan fingerprint density at radius 3 is 2.27 bits per heavy atom. The number of rotatable bonds is 4. The number of para-hydroxylation sites is 1. The molecule has 4 aromatic rings. The summed E-state index contributed by atoms with van der Waals surface area (Å²) in [5, 5.41) is 10.7. The van der Waals surface area contributed by atoms with Crippen LogP contribution in [0.2, 0.25) is 0 Å². The molecule has 1 aromatic heterocycles. The van der Waals surface area contributed by atoms with Crippen molar-refractivity contribution >= 4 is 40.7 Å². The van der Waals surface area contributed by atoms with Gasteiger partial charge in [-0.1, -0.05) is 30.3 Å². The molecule has 3 aromatic carbocycles. The summed E-state index contributed by atoms with van der Waals surface area (Å²) in [4.78, 5) is 52.6. The number of imide groups is 1. The topological polar surface area (TPSA) is 116 Å². The molecule has 44 heavy (non-hydrogen) atoms. The molecule has 3 aliphatic rings. The summed E-state index contributed by atoms with van der Waals surface area (Å²) in [6.45, 7) is -0.0373. The molecule has 2 amide bonds. The van der Waals surface area contributed by atoms with E-state index in [0.29, 0.717) is 16.8 Å². The molecule has 1 aliphatic carbocycles. The van der Waals surface area contributed by atoms with Crippen LogP contribution in [0.1, 0.15) is 23.9 Å². The van der Waals surface area contributed by atoms with Gasteiger partial charge in [0, 0.05) is 12.3 Å². The summed E-state index contributed by atoms with van der Waals surface area (Å²) in [6, 6.07) is 16.6. The van der Waals surface area contributed by atoms with Crippen molar-refractivity contribution in [2.45, 2.75) is 34.7 Å². The molecule has 0 spiro atoms. The number of amides is 2. The van der Waals surface area contributed by atoms with Crippen LogP contribution in [0.4, 0.5) is 10.1 Å². The zero-order valence-electron chi connectivity index (χ0n) is 23.0. The number of allylic oxidation sites excluding steroid dienone is 2. The molecular weight excluding hydrogens is 614 g/mol. The number of alkyl halides is 2. The van der Waals surface area contributed by atoms with Gasteiger partial charge in [0.25, 0.3) is 11.8 Å². The minimum Gasteiger partial charge on any atom is -0.504 e. The SMILES string of the molecule is COc1ccc([C@H]2C3=CCn4c(=O)n(-c5ccccc5)c(=O)n4[C@@H]3C[C@@]3(Cl)C(=O)N(c4ccc(F)cc4)C(=O)[C@@]23Cl)cc1O. The fourth-order valence-corrected chi connectivity index (χ4v) is 7.63. The van der Waals surface area contributed by atoms with Crippen LogP contribution in [0.15, 0.2) is 94.0 Å². The normalized spacial score (nSPS) is 25.7. The van der Waals surface area contributed by atoms with E-state index >= 15 is 0 Å². The number of carbonyl (C=O) groups is 2. The van der Waals surface area contributed by atoms with Crippen LogP contribution in [0, 0.1) is 5.82 Å². The summed E-state index contributed by atoms with van der Waals surface area (Å²) >= 11 is 14.6. The van der Waals surface area contributed by atoms with E-state index in [9.17, 15) is 28.7 Å². The minimum atomic E-state index is -2.14. The van der Waals surface area contributed by atoms with Gasteiger partial charge in [-0.05, 0) is 59.7 Å². The van der Waals surface area contributed by atoms with E-state index < -0.39 is 50.7 Å². The smallest absolute Gasteiger partial charge is 0.352 e. The Hall–Kier alpha value is -4.61. The number of aromatic nitrogens is 3. The summed E-state index contributed by atoms with van der Waals surface area (Å²) in [5.74, 6) is -3.51. The number of nitrogens with zero attached hydrogens (tertiary/aromatic N) is 4. The van der Waals surface area contributed by atoms with E-state index in [1.54, 1.807) is 42.5 Å². The van der Waals surface area contributed by atoms with Crippen LogP contribution in [-0.2, 0) is 16.1 Å². The molecule has 10 nitrogen and oxygen atoms in total. The summed E-state index contributed by atoms with van der Waals surface area (Å²) in [5.41, 5.74) is -0.0462. The van der Waals surface area contributed by atoms with Gasteiger partial charge in [-0.15, -0.1) is 23.2 Å². The van der Waals surface area contributed by atoms with Crippen molar-refractivity contribution in [2.75, 3.05) is 12.0 Å². The molecule has 13 heteroatoms. The fourth-order valence-electron chi connectivity index (χ4n) is 6.72. The van der Waals surface area contributed by atoms with Crippen LogP contribution < -0.4 is 21.0 Å². The Kier molecular flexibility index (Phi) is 6.21. The molecule has 1 saturated heterocycles. The van der Waals surface area contributed by atoms with Gasteiger partial charge in [-0.25, -0.2) is 32.8 Å². The Morgan fingerprint density at radius 1 is 0.909 bits per heavy atom. The standard InChI is InChI=1S/C31H23Cl2FN4O6/c1-44-24-12-7-17(15-23(24)39)25-21-13-14-35-28(42)37(19-5-3-2-4-6-19)29(43)38(35)22(21)16-30(32)26(40)36(27(41)31(25,30)33)20-10-8-18(34)9-11-20/h2-13,15,22,25,39H,14,16H2,1H3/t22-,25+,30-,31+/m1/s1. The molecule has 7 rings (SSSR count). The summed E-state index contributed by atoms with van der Waals surface area (Å²) in [7, 11) is 1.38. The Morgan fingerprint density at radius 2 is 1.61 bits per heavy atom. The van der Waals surface area contributed by atoms with Crippen molar-refractivity contribution in [3.05, 3.63) is 117 Å². The first kappa shape index (κ1) is 28.2. The molecule has 224 valence electrons. The number of phenolic OH excluding ortho intramolecular Hbond substituents is 1. The van der Waals surface area contributed by atoms with E-state index in [0.717, 1.165) is 21.6 Å². The highest BCUT2D eigenvalue weighted by Crippen LogP contribution is 2.64. The van der Waals surface area contributed by atoms with Gasteiger partial charge in [0.2, 0.25) is 0 Å². The molecule has 2 aliphatic heterocycles. The monoisotopic (exact) mass is 636 g/mol. The van der Waals surface area contributed by atoms with Crippen molar-refractivity contribution in [2.24, 2.45) is 0 Å². The molecular formula is C31H23Cl2FN4O6. The van der Waals surface area contributed by atoms with Gasteiger partial charge in [-0.3, -0.25) is 9.59 Å². The van der Waals surface area contributed by atoms with Crippen molar-refractivity contribution in [1.29, 1.82) is 0 Å². The molecule has 3 heterocycles. The quantitative estimate of drug-likeness (QED) is 0.207. The number of ether oxygens (including phenoxy) is 1. The maximum atomic E-state index is 14.3. The average Bonchev–Trinajstić information content (AvgIpc) is 3.36. The van der Waals surface area contributed by atoms with Crippen molar-refractivity contribution in [3.8, 4) is 17.2 Å². The number of aromatic hydroxyl groups is 1. The third-order valence-corrected chi connectivity index (χ3v) is 10.1. The number of fused-ring (bicyclic) bond motifs is 4. The zero-order chi connectivity index (χ0) is 31.1. The van der Waals surface area contributed by atoms with E-state index in [4.69, 9.17) is 27.9 Å². The van der Waals surface area contributed by atoms with E-state index in [1.165, 1.54) is 40.7 Å². The van der Waals surface area contributed by atoms with E-state index in [1.807, 2.05) is 0 Å². The highest BCUT2D eigenvalue weighted by atomic mass is 35.5. The van der Waals surface area contributed by atoms with Crippen molar-refractivity contribution < 1.29 is 23.8 Å². The van der Waals surface area contributed by atoms with Crippen molar-refractivity contribution in [3.63, 3.8) is 0 Å². The second kappa shape index (κ2) is 9.70. The Bertz CT molecular complexity index is 2020. The molecule has 1 saturated carbocycles. The zero-order valence-corrected chi connectivity index (χ0v) is 24.5.